The maximum Gasteiger partial charge on any atom is 0.265 e. The first kappa shape index (κ1) is 24.0. The Morgan fingerprint density at radius 1 is 1.11 bits per heavy atom. The van der Waals surface area contributed by atoms with Gasteiger partial charge in [0.2, 0.25) is 5.13 Å². The number of amides is 1. The second-order valence-corrected chi connectivity index (χ2v) is 10.9. The van der Waals surface area contributed by atoms with Gasteiger partial charge in [-0.1, -0.05) is 70.9 Å². The molecule has 2 aromatic carbocycles. The van der Waals surface area contributed by atoms with E-state index in [1.165, 1.54) is 16.9 Å². The van der Waals surface area contributed by atoms with Gasteiger partial charge in [0.15, 0.2) is 0 Å². The summed E-state index contributed by atoms with van der Waals surface area (Å²) in [5, 5.41) is 9.27. The van der Waals surface area contributed by atoms with Crippen molar-refractivity contribution < 1.29 is 4.79 Å². The first-order chi connectivity index (χ1) is 16.8. The van der Waals surface area contributed by atoms with Gasteiger partial charge in [-0.2, -0.15) is 5.10 Å². The summed E-state index contributed by atoms with van der Waals surface area (Å²) < 4.78 is 0. The lowest BCUT2D eigenvalue weighted by Crippen LogP contribution is -2.28. The summed E-state index contributed by atoms with van der Waals surface area (Å²) in [5.74, 6) is 0.110. The van der Waals surface area contributed by atoms with Crippen LogP contribution in [-0.2, 0) is 0 Å². The molecule has 5 rings (SSSR count). The number of allylic oxidation sites excluding steroid dienone is 1. The number of benzene rings is 2. The zero-order valence-electron chi connectivity index (χ0n) is 19.8. The van der Waals surface area contributed by atoms with Crippen molar-refractivity contribution in [2.45, 2.75) is 32.2 Å². The molecule has 0 saturated heterocycles. The van der Waals surface area contributed by atoms with Crippen molar-refractivity contribution in [1.82, 2.24) is 9.88 Å². The normalized spacial score (nSPS) is 20.7. The Kier molecular flexibility index (Phi) is 6.71. The van der Waals surface area contributed by atoms with Crippen LogP contribution in [0.1, 0.15) is 51.8 Å². The number of hydrogen-bond acceptors (Lipinski definition) is 5. The van der Waals surface area contributed by atoms with E-state index in [4.69, 9.17) is 33.3 Å². The molecule has 1 saturated carbocycles. The van der Waals surface area contributed by atoms with Crippen LogP contribution < -0.4 is 5.01 Å². The van der Waals surface area contributed by atoms with Crippen molar-refractivity contribution in [3.05, 3.63) is 85.8 Å². The number of halogens is 2. The summed E-state index contributed by atoms with van der Waals surface area (Å²) in [6, 6.07) is 15.7. The van der Waals surface area contributed by atoms with Crippen LogP contribution >= 0.6 is 34.5 Å². The third-order valence-electron chi connectivity index (χ3n) is 6.54. The van der Waals surface area contributed by atoms with E-state index in [0.717, 1.165) is 41.1 Å². The number of anilines is 1. The molecule has 1 fully saturated rings. The largest absolute Gasteiger partial charge is 0.344 e. The Bertz CT molecular complexity index is 1350. The number of rotatable bonds is 4. The Morgan fingerprint density at radius 2 is 1.83 bits per heavy atom. The van der Waals surface area contributed by atoms with Crippen LogP contribution in [0, 0.1) is 12.8 Å². The molecule has 1 aliphatic carbocycles. The Morgan fingerprint density at radius 3 is 2.54 bits per heavy atom. The minimum atomic E-state index is -0.0958. The summed E-state index contributed by atoms with van der Waals surface area (Å²) in [7, 11) is 3.51. The van der Waals surface area contributed by atoms with Crippen molar-refractivity contribution in [2.24, 2.45) is 11.0 Å². The van der Waals surface area contributed by atoms with E-state index in [1.54, 1.807) is 19.0 Å². The summed E-state index contributed by atoms with van der Waals surface area (Å²) in [5.41, 5.74) is 4.96. The highest BCUT2D eigenvalue weighted by molar-refractivity contribution is 7.17. The lowest BCUT2D eigenvalue weighted by Gasteiger charge is -2.30. The van der Waals surface area contributed by atoms with Crippen LogP contribution in [0.2, 0.25) is 10.0 Å². The van der Waals surface area contributed by atoms with E-state index in [0.29, 0.717) is 20.7 Å². The van der Waals surface area contributed by atoms with E-state index in [-0.39, 0.29) is 17.9 Å². The molecular formula is C27H26Cl2N4OS. The molecule has 5 nitrogen and oxygen atoms in total. The number of carbonyl (C=O) groups is 1. The van der Waals surface area contributed by atoms with Gasteiger partial charge >= 0.3 is 0 Å². The zero-order valence-corrected chi connectivity index (χ0v) is 22.2. The van der Waals surface area contributed by atoms with Gasteiger partial charge in [0.05, 0.1) is 17.4 Å². The van der Waals surface area contributed by atoms with Crippen LogP contribution in [0.3, 0.4) is 0 Å². The first-order valence-corrected chi connectivity index (χ1v) is 13.2. The van der Waals surface area contributed by atoms with Gasteiger partial charge in [0.25, 0.3) is 5.91 Å². The van der Waals surface area contributed by atoms with Gasteiger partial charge in [-0.15, -0.1) is 0 Å². The molecule has 1 amide bonds. The fourth-order valence-corrected chi connectivity index (χ4v) is 6.36. The molecular weight excluding hydrogens is 499 g/mol. The van der Waals surface area contributed by atoms with Gasteiger partial charge in [0, 0.05) is 30.1 Å². The van der Waals surface area contributed by atoms with Crippen molar-refractivity contribution in [3.8, 4) is 0 Å². The van der Waals surface area contributed by atoms with E-state index < -0.39 is 0 Å². The smallest absolute Gasteiger partial charge is 0.265 e. The summed E-state index contributed by atoms with van der Waals surface area (Å²) >= 11 is 14.6. The van der Waals surface area contributed by atoms with Crippen LogP contribution in [0.5, 0.6) is 0 Å². The number of thiazole rings is 1. The van der Waals surface area contributed by atoms with Gasteiger partial charge in [-0.25, -0.2) is 9.99 Å². The van der Waals surface area contributed by atoms with Gasteiger partial charge in [0.1, 0.15) is 4.88 Å². The minimum Gasteiger partial charge on any atom is -0.344 e. The number of fused-ring (bicyclic) bond motifs is 1. The molecule has 1 aromatic heterocycles. The molecule has 1 aliphatic heterocycles. The summed E-state index contributed by atoms with van der Waals surface area (Å²) in [6.45, 7) is 1.88. The van der Waals surface area contributed by atoms with E-state index in [2.05, 4.69) is 12.1 Å². The fraction of sp³-hybridized carbons (Fsp3) is 0.296. The molecule has 0 radical (unpaired) electrons. The molecule has 0 unspecified atom stereocenters. The highest BCUT2D eigenvalue weighted by Crippen LogP contribution is 2.48. The standard InChI is InChI=1S/C27H26Cl2N4OS/c1-16-25(26(34)32(2)3)35-27(30-16)33-24(19-11-5-7-14-22(19)29)20-12-8-10-18(23(20)31-33)15-17-9-4-6-13-21(17)28/h4-7,9,11,13-15,20,24H,8,10,12H2,1-3H3/b18-15-/t20-,24+/m1/s1. The average Bonchev–Trinajstić information content (AvgIpc) is 3.41. The maximum absolute atomic E-state index is 12.7. The first-order valence-electron chi connectivity index (χ1n) is 11.6. The molecule has 0 spiro atoms. The Balaban J connectivity index is 1.63. The third kappa shape index (κ3) is 4.51. The second-order valence-electron chi connectivity index (χ2n) is 9.10. The lowest BCUT2D eigenvalue weighted by molar-refractivity contribution is 0.0831. The molecule has 35 heavy (non-hydrogen) atoms. The number of aromatic nitrogens is 1. The summed E-state index contributed by atoms with van der Waals surface area (Å²) in [4.78, 5) is 19.7. The van der Waals surface area contributed by atoms with Gasteiger partial charge in [-0.05, 0) is 61.1 Å². The highest BCUT2D eigenvalue weighted by atomic mass is 35.5. The maximum atomic E-state index is 12.7. The van der Waals surface area contributed by atoms with E-state index >= 15 is 0 Å². The van der Waals surface area contributed by atoms with Crippen LogP contribution in [0.4, 0.5) is 5.13 Å². The molecule has 0 N–H and O–H groups in total. The second kappa shape index (κ2) is 9.76. The van der Waals surface area contributed by atoms with Crippen LogP contribution in [0.25, 0.3) is 6.08 Å². The third-order valence-corrected chi connectivity index (χ3v) is 8.37. The highest BCUT2D eigenvalue weighted by Gasteiger charge is 2.44. The molecule has 0 bridgehead atoms. The fourth-order valence-electron chi connectivity index (χ4n) is 4.84. The average molecular weight is 526 g/mol. The molecule has 2 atom stereocenters. The number of hydrazone groups is 1. The molecule has 3 aromatic rings. The van der Waals surface area contributed by atoms with Crippen molar-refractivity contribution in [2.75, 3.05) is 19.1 Å². The topological polar surface area (TPSA) is 48.8 Å². The van der Waals surface area contributed by atoms with Crippen molar-refractivity contribution >= 4 is 57.4 Å². The van der Waals surface area contributed by atoms with E-state index in [1.807, 2.05) is 54.4 Å². The van der Waals surface area contributed by atoms with Crippen molar-refractivity contribution in [3.63, 3.8) is 0 Å². The number of carbonyl (C=O) groups excluding carboxylic acids is 1. The van der Waals surface area contributed by atoms with Crippen molar-refractivity contribution in [1.29, 1.82) is 0 Å². The van der Waals surface area contributed by atoms with Gasteiger partial charge in [-0.3, -0.25) is 4.79 Å². The van der Waals surface area contributed by atoms with Gasteiger partial charge < -0.3 is 4.90 Å². The molecule has 2 aliphatic rings. The predicted molar refractivity (Wildman–Crippen MR) is 146 cm³/mol. The number of hydrogen-bond donors (Lipinski definition) is 0. The van der Waals surface area contributed by atoms with Crippen LogP contribution in [-0.4, -0.2) is 35.6 Å². The quantitative estimate of drug-likeness (QED) is 0.360. The van der Waals surface area contributed by atoms with Crippen LogP contribution in [0.15, 0.2) is 59.2 Å². The lowest BCUT2D eigenvalue weighted by atomic mass is 9.77. The number of aryl methyl sites for hydroxylation is 1. The predicted octanol–water partition coefficient (Wildman–Crippen LogP) is 7.26. The monoisotopic (exact) mass is 524 g/mol. The molecule has 180 valence electrons. The minimum absolute atomic E-state index is 0.0517. The molecule has 2 heterocycles. The SMILES string of the molecule is Cc1nc(N2N=C3/C(=C\c4ccccc4Cl)CCC[C@H]3[C@@H]2c2ccccc2Cl)sc1C(=O)N(C)C. The molecule has 8 heteroatoms. The number of nitrogens with zero attached hydrogens (tertiary/aromatic N) is 4. The Hall–Kier alpha value is -2.67. The summed E-state index contributed by atoms with van der Waals surface area (Å²) in [6.07, 6.45) is 5.15. The van der Waals surface area contributed by atoms with E-state index in [9.17, 15) is 4.79 Å². The Labute approximate surface area is 219 Å². The zero-order chi connectivity index (χ0) is 24.7.